The van der Waals surface area contributed by atoms with E-state index >= 15 is 0 Å². The molecule has 0 spiro atoms. The van der Waals surface area contributed by atoms with Crippen LogP contribution in [-0.2, 0) is 4.74 Å². The number of benzene rings is 1. The van der Waals surface area contributed by atoms with Crippen LogP contribution in [0.4, 0.5) is 5.69 Å². The number of anilines is 1. The summed E-state index contributed by atoms with van der Waals surface area (Å²) in [7, 11) is 1.42. The quantitative estimate of drug-likeness (QED) is 0.818. The van der Waals surface area contributed by atoms with Crippen LogP contribution in [0, 0.1) is 6.92 Å². The van der Waals surface area contributed by atoms with E-state index in [2.05, 4.69) is 17.6 Å². The van der Waals surface area contributed by atoms with E-state index in [0.717, 1.165) is 24.2 Å². The molecule has 116 valence electrons. The number of carbonyl (C=O) groups is 1. The lowest BCUT2D eigenvalue weighted by atomic mass is 9.98. The number of hydrogen-bond acceptors (Lipinski definition) is 4. The summed E-state index contributed by atoms with van der Waals surface area (Å²) in [6.07, 6.45) is 4.89. The number of ether oxygens (including phenoxy) is 1. The van der Waals surface area contributed by atoms with E-state index < -0.39 is 0 Å². The van der Waals surface area contributed by atoms with Gasteiger partial charge in [-0.1, -0.05) is 18.1 Å². The van der Waals surface area contributed by atoms with Crippen LogP contribution in [0.25, 0.3) is 0 Å². The molecule has 2 unspecified atom stereocenters. The number of aryl methyl sites for hydroxylation is 1. The van der Waals surface area contributed by atoms with Crippen LogP contribution >= 0.6 is 0 Å². The van der Waals surface area contributed by atoms with Gasteiger partial charge in [0.1, 0.15) is 0 Å². The highest BCUT2D eigenvalue weighted by Gasteiger charge is 2.18. The molecule has 4 heteroatoms. The van der Waals surface area contributed by atoms with Gasteiger partial charge in [-0.25, -0.2) is 4.79 Å². The Balaban J connectivity index is 2.02. The van der Waals surface area contributed by atoms with E-state index in [1.807, 2.05) is 25.1 Å². The van der Waals surface area contributed by atoms with Gasteiger partial charge in [-0.3, -0.25) is 0 Å². The zero-order valence-electron chi connectivity index (χ0n) is 13.2. The van der Waals surface area contributed by atoms with Crippen LogP contribution in [0.5, 0.6) is 0 Å². The minimum absolute atomic E-state index is 0.288. The van der Waals surface area contributed by atoms with Crippen molar-refractivity contribution in [3.05, 3.63) is 29.3 Å². The minimum atomic E-state index is -0.288. The molecule has 21 heavy (non-hydrogen) atoms. The maximum atomic E-state index is 11.9. The predicted molar refractivity (Wildman–Crippen MR) is 85.9 cm³/mol. The second kappa shape index (κ2) is 7.46. The molecule has 0 amide bonds. The average molecular weight is 290 g/mol. The smallest absolute Gasteiger partial charge is 0.339 e. The Kier molecular flexibility index (Phi) is 5.62. The third kappa shape index (κ3) is 4.46. The van der Waals surface area contributed by atoms with Crippen molar-refractivity contribution >= 4 is 11.7 Å². The minimum Gasteiger partial charge on any atom is -0.465 e. The summed E-state index contributed by atoms with van der Waals surface area (Å²) in [5.41, 5.74) is 2.53. The van der Waals surface area contributed by atoms with Gasteiger partial charge in [-0.15, -0.1) is 0 Å². The zero-order valence-corrected chi connectivity index (χ0v) is 13.2. The molecule has 4 nitrogen and oxygen atoms in total. The molecule has 1 aliphatic heterocycles. The molecular weight excluding hydrogens is 264 g/mol. The molecule has 1 saturated heterocycles. The normalized spacial score (nSPS) is 19.9. The van der Waals surface area contributed by atoms with Crippen LogP contribution in [0.3, 0.4) is 0 Å². The van der Waals surface area contributed by atoms with Crippen LogP contribution in [0.1, 0.15) is 48.5 Å². The Bertz CT molecular complexity index is 482. The molecule has 1 aliphatic rings. The van der Waals surface area contributed by atoms with Crippen molar-refractivity contribution in [2.24, 2.45) is 0 Å². The third-order valence-electron chi connectivity index (χ3n) is 4.03. The standard InChI is InChI=1S/C17H26N2O2/c1-12-7-8-16(15(10-12)17(20)21-3)19-13(2)11-14-6-4-5-9-18-14/h7-8,10,13-14,18-19H,4-6,9,11H2,1-3H3. The van der Waals surface area contributed by atoms with Crippen molar-refractivity contribution in [2.45, 2.75) is 51.6 Å². The molecule has 0 saturated carbocycles. The SMILES string of the molecule is COC(=O)c1cc(C)ccc1NC(C)CC1CCCCN1. The molecule has 0 radical (unpaired) electrons. The van der Waals surface area contributed by atoms with Crippen molar-refractivity contribution in [2.75, 3.05) is 19.0 Å². The van der Waals surface area contributed by atoms with Crippen molar-refractivity contribution < 1.29 is 9.53 Å². The van der Waals surface area contributed by atoms with Gasteiger partial charge in [-0.05, 0) is 51.8 Å². The van der Waals surface area contributed by atoms with Crippen LogP contribution in [0.15, 0.2) is 18.2 Å². The highest BCUT2D eigenvalue weighted by Crippen LogP contribution is 2.21. The second-order valence-corrected chi connectivity index (χ2v) is 5.97. The summed E-state index contributed by atoms with van der Waals surface area (Å²) < 4.78 is 4.87. The number of methoxy groups -OCH3 is 1. The first kappa shape index (κ1) is 15.8. The molecule has 1 fully saturated rings. The largest absolute Gasteiger partial charge is 0.465 e. The van der Waals surface area contributed by atoms with Crippen molar-refractivity contribution in [3.8, 4) is 0 Å². The summed E-state index contributed by atoms with van der Waals surface area (Å²) >= 11 is 0. The zero-order chi connectivity index (χ0) is 15.2. The summed E-state index contributed by atoms with van der Waals surface area (Å²) in [6, 6.07) is 6.74. The fraction of sp³-hybridized carbons (Fsp3) is 0.588. The van der Waals surface area contributed by atoms with E-state index in [1.54, 1.807) is 0 Å². The maximum absolute atomic E-state index is 11.9. The predicted octanol–water partition coefficient (Wildman–Crippen LogP) is 3.11. The van der Waals surface area contributed by atoms with Gasteiger partial charge in [0, 0.05) is 17.8 Å². The highest BCUT2D eigenvalue weighted by molar-refractivity contribution is 5.95. The average Bonchev–Trinajstić information content (AvgIpc) is 2.49. The lowest BCUT2D eigenvalue weighted by Gasteiger charge is -2.27. The first-order valence-electron chi connectivity index (χ1n) is 7.79. The lowest BCUT2D eigenvalue weighted by Crippen LogP contribution is -2.37. The molecule has 1 aromatic rings. The number of piperidine rings is 1. The summed E-state index contributed by atoms with van der Waals surface area (Å²) in [4.78, 5) is 11.9. The fourth-order valence-electron chi connectivity index (χ4n) is 2.94. The van der Waals surface area contributed by atoms with Gasteiger partial charge in [-0.2, -0.15) is 0 Å². The maximum Gasteiger partial charge on any atom is 0.339 e. The molecule has 0 aromatic heterocycles. The van der Waals surface area contributed by atoms with Gasteiger partial charge in [0.25, 0.3) is 0 Å². The number of carbonyl (C=O) groups excluding carboxylic acids is 1. The Morgan fingerprint density at radius 3 is 2.95 bits per heavy atom. The van der Waals surface area contributed by atoms with Gasteiger partial charge in [0.2, 0.25) is 0 Å². The van der Waals surface area contributed by atoms with E-state index in [9.17, 15) is 4.79 Å². The van der Waals surface area contributed by atoms with Crippen molar-refractivity contribution in [1.82, 2.24) is 5.32 Å². The van der Waals surface area contributed by atoms with Crippen molar-refractivity contribution in [1.29, 1.82) is 0 Å². The molecule has 0 bridgehead atoms. The Morgan fingerprint density at radius 1 is 1.48 bits per heavy atom. The molecule has 1 aromatic carbocycles. The van der Waals surface area contributed by atoms with E-state index in [-0.39, 0.29) is 5.97 Å². The summed E-state index contributed by atoms with van der Waals surface area (Å²) in [6.45, 7) is 5.26. The van der Waals surface area contributed by atoms with Crippen LogP contribution in [0.2, 0.25) is 0 Å². The second-order valence-electron chi connectivity index (χ2n) is 5.97. The lowest BCUT2D eigenvalue weighted by molar-refractivity contribution is 0.0601. The number of hydrogen-bond donors (Lipinski definition) is 2. The van der Waals surface area contributed by atoms with Crippen LogP contribution < -0.4 is 10.6 Å². The first-order valence-corrected chi connectivity index (χ1v) is 7.79. The summed E-state index contributed by atoms with van der Waals surface area (Å²) in [5, 5.41) is 7.02. The van der Waals surface area contributed by atoms with E-state index in [0.29, 0.717) is 17.6 Å². The van der Waals surface area contributed by atoms with Crippen molar-refractivity contribution in [3.63, 3.8) is 0 Å². The van der Waals surface area contributed by atoms with E-state index in [1.165, 1.54) is 26.4 Å². The molecule has 1 heterocycles. The van der Waals surface area contributed by atoms with E-state index in [4.69, 9.17) is 4.74 Å². The molecule has 2 N–H and O–H groups in total. The van der Waals surface area contributed by atoms with Crippen LogP contribution in [-0.4, -0.2) is 31.7 Å². The Labute approximate surface area is 127 Å². The van der Waals surface area contributed by atoms with Gasteiger partial charge < -0.3 is 15.4 Å². The topological polar surface area (TPSA) is 50.4 Å². The molecule has 2 atom stereocenters. The fourth-order valence-corrected chi connectivity index (χ4v) is 2.94. The number of esters is 1. The van der Waals surface area contributed by atoms with Gasteiger partial charge >= 0.3 is 5.97 Å². The monoisotopic (exact) mass is 290 g/mol. The van der Waals surface area contributed by atoms with Gasteiger partial charge in [0.15, 0.2) is 0 Å². The Morgan fingerprint density at radius 2 is 2.29 bits per heavy atom. The first-order chi connectivity index (χ1) is 10.1. The molecule has 2 rings (SSSR count). The number of rotatable bonds is 5. The Hall–Kier alpha value is -1.55. The number of nitrogens with one attached hydrogen (secondary N) is 2. The summed E-state index contributed by atoms with van der Waals surface area (Å²) in [5.74, 6) is -0.288. The molecular formula is C17H26N2O2. The van der Waals surface area contributed by atoms with Gasteiger partial charge in [0.05, 0.1) is 12.7 Å². The molecule has 0 aliphatic carbocycles. The highest BCUT2D eigenvalue weighted by atomic mass is 16.5. The third-order valence-corrected chi connectivity index (χ3v) is 4.03.